The highest BCUT2D eigenvalue weighted by atomic mass is 16.5. The van der Waals surface area contributed by atoms with Gasteiger partial charge >= 0.3 is 0 Å². The van der Waals surface area contributed by atoms with Crippen LogP contribution in [0.5, 0.6) is 17.2 Å². The van der Waals surface area contributed by atoms with Crippen LogP contribution in [0.25, 0.3) is 0 Å². The Morgan fingerprint density at radius 3 is 2.57 bits per heavy atom. The number of ether oxygens (including phenoxy) is 2. The van der Waals surface area contributed by atoms with E-state index in [4.69, 9.17) is 14.6 Å². The molecule has 0 unspecified atom stereocenters. The average Bonchev–Trinajstić information content (AvgIpc) is 3.19. The monoisotopic (exact) mass is 372 g/mol. The van der Waals surface area contributed by atoms with Crippen molar-refractivity contribution in [1.29, 1.82) is 0 Å². The van der Waals surface area contributed by atoms with Gasteiger partial charge in [-0.05, 0) is 18.2 Å². The fraction of sp³-hybridized carbons (Fsp3) is 0.174. The second kappa shape index (κ2) is 6.60. The number of hydrogen-bond acceptors (Lipinski definition) is 5. The molecular formula is C23H20N2O3. The summed E-state index contributed by atoms with van der Waals surface area (Å²) in [6.45, 7) is 0. The second-order valence-electron chi connectivity index (χ2n) is 6.92. The predicted molar refractivity (Wildman–Crippen MR) is 107 cm³/mol. The first kappa shape index (κ1) is 16.7. The van der Waals surface area contributed by atoms with Crippen molar-refractivity contribution < 1.29 is 14.6 Å². The van der Waals surface area contributed by atoms with Crippen LogP contribution >= 0.6 is 0 Å². The molecule has 0 aliphatic carbocycles. The van der Waals surface area contributed by atoms with Gasteiger partial charge in [-0.3, -0.25) is 0 Å². The molecule has 3 aromatic rings. The highest BCUT2D eigenvalue weighted by molar-refractivity contribution is 6.04. The third kappa shape index (κ3) is 2.59. The van der Waals surface area contributed by atoms with Gasteiger partial charge in [0.15, 0.2) is 11.5 Å². The summed E-state index contributed by atoms with van der Waals surface area (Å²) >= 11 is 0. The first-order chi connectivity index (χ1) is 13.8. The smallest absolute Gasteiger partial charge is 0.214 e. The summed E-state index contributed by atoms with van der Waals surface area (Å²) in [5.41, 5.74) is 3.67. The molecule has 0 aromatic heterocycles. The summed E-state index contributed by atoms with van der Waals surface area (Å²) in [4.78, 5) is 0. The molecule has 0 spiro atoms. The van der Waals surface area contributed by atoms with Crippen molar-refractivity contribution in [2.45, 2.75) is 18.7 Å². The number of phenols is 1. The van der Waals surface area contributed by atoms with Crippen LogP contribution in [0.1, 0.15) is 35.4 Å². The molecule has 5 nitrogen and oxygen atoms in total. The van der Waals surface area contributed by atoms with Crippen molar-refractivity contribution >= 4 is 5.71 Å². The quantitative estimate of drug-likeness (QED) is 0.728. The number of hydrogen-bond donors (Lipinski definition) is 1. The topological polar surface area (TPSA) is 54.3 Å². The number of aromatic hydroxyl groups is 1. The largest absolute Gasteiger partial charge is 0.507 e. The molecule has 0 saturated carbocycles. The van der Waals surface area contributed by atoms with E-state index >= 15 is 0 Å². The highest BCUT2D eigenvalue weighted by Gasteiger charge is 2.42. The van der Waals surface area contributed by atoms with Crippen LogP contribution in [0, 0.1) is 0 Å². The number of hydrazone groups is 1. The lowest BCUT2D eigenvalue weighted by Gasteiger charge is -2.38. The van der Waals surface area contributed by atoms with Crippen LogP contribution in [-0.4, -0.2) is 22.9 Å². The minimum absolute atomic E-state index is 0.0127. The lowest BCUT2D eigenvalue weighted by atomic mass is 9.95. The maximum absolute atomic E-state index is 10.3. The zero-order chi connectivity index (χ0) is 19.1. The Labute approximate surface area is 163 Å². The first-order valence-corrected chi connectivity index (χ1v) is 9.29. The molecule has 2 aliphatic rings. The Balaban J connectivity index is 1.64. The molecule has 5 rings (SSSR count). The Morgan fingerprint density at radius 2 is 1.79 bits per heavy atom. The summed E-state index contributed by atoms with van der Waals surface area (Å²) in [6, 6.07) is 23.3. The fourth-order valence-corrected chi connectivity index (χ4v) is 3.96. The van der Waals surface area contributed by atoms with Crippen LogP contribution in [0.4, 0.5) is 0 Å². The van der Waals surface area contributed by atoms with E-state index in [9.17, 15) is 5.11 Å². The molecular weight excluding hydrogens is 352 g/mol. The molecule has 5 heteroatoms. The van der Waals surface area contributed by atoms with Gasteiger partial charge < -0.3 is 14.6 Å². The van der Waals surface area contributed by atoms with Crippen LogP contribution in [0.15, 0.2) is 77.9 Å². The van der Waals surface area contributed by atoms with E-state index in [1.165, 1.54) is 0 Å². The van der Waals surface area contributed by atoms with Crippen molar-refractivity contribution in [2.24, 2.45) is 5.10 Å². The molecule has 140 valence electrons. The molecule has 0 bridgehead atoms. The van der Waals surface area contributed by atoms with Gasteiger partial charge in [0.25, 0.3) is 0 Å². The first-order valence-electron chi connectivity index (χ1n) is 9.29. The number of para-hydroxylation sites is 2. The molecule has 1 N–H and O–H groups in total. The Kier molecular flexibility index (Phi) is 3.93. The van der Waals surface area contributed by atoms with Crippen molar-refractivity contribution in [3.63, 3.8) is 0 Å². The van der Waals surface area contributed by atoms with E-state index in [0.717, 1.165) is 28.2 Å². The fourth-order valence-electron chi connectivity index (χ4n) is 3.96. The van der Waals surface area contributed by atoms with Gasteiger partial charge in [-0.1, -0.05) is 54.6 Å². The van der Waals surface area contributed by atoms with E-state index < -0.39 is 0 Å². The molecule has 0 amide bonds. The zero-order valence-corrected chi connectivity index (χ0v) is 15.4. The molecule has 0 radical (unpaired) electrons. The lowest BCUT2D eigenvalue weighted by molar-refractivity contribution is -0.0209. The van der Waals surface area contributed by atoms with Crippen LogP contribution in [0.3, 0.4) is 0 Å². The summed E-state index contributed by atoms with van der Waals surface area (Å²) in [7, 11) is 1.65. The molecule has 0 fully saturated rings. The van der Waals surface area contributed by atoms with Crippen LogP contribution in [-0.2, 0) is 0 Å². The van der Waals surface area contributed by atoms with Crippen molar-refractivity contribution in [2.75, 3.05) is 7.11 Å². The number of rotatable bonds is 3. The maximum atomic E-state index is 10.3. The van der Waals surface area contributed by atoms with Crippen molar-refractivity contribution in [1.82, 2.24) is 5.01 Å². The van der Waals surface area contributed by atoms with Gasteiger partial charge in [0, 0.05) is 23.1 Å². The van der Waals surface area contributed by atoms with E-state index in [1.54, 1.807) is 13.2 Å². The third-order valence-corrected chi connectivity index (χ3v) is 5.30. The molecule has 2 aliphatic heterocycles. The van der Waals surface area contributed by atoms with Crippen LogP contribution in [0.2, 0.25) is 0 Å². The Bertz CT molecular complexity index is 1050. The van der Waals surface area contributed by atoms with Crippen molar-refractivity contribution in [3.05, 3.63) is 89.5 Å². The lowest BCUT2D eigenvalue weighted by Crippen LogP contribution is -2.33. The standard InChI is InChI=1S/C23H20N2O3/c1-27-21-13-7-11-17-19-14-18(16-10-5-6-12-20(16)26)24-25(19)23(28-22(17)21)15-8-3-2-4-9-15/h2-13,19,23,26H,14H2,1H3/t19-,23+/m0/s1. The number of nitrogens with zero attached hydrogens (tertiary/aromatic N) is 2. The number of benzene rings is 3. The molecule has 3 aromatic carbocycles. The third-order valence-electron chi connectivity index (χ3n) is 5.30. The van der Waals surface area contributed by atoms with E-state index in [-0.39, 0.29) is 18.0 Å². The summed E-state index contributed by atoms with van der Waals surface area (Å²) < 4.78 is 12.0. The van der Waals surface area contributed by atoms with E-state index in [1.807, 2.05) is 65.7 Å². The highest BCUT2D eigenvalue weighted by Crippen LogP contribution is 2.50. The Morgan fingerprint density at radius 1 is 1.00 bits per heavy atom. The summed E-state index contributed by atoms with van der Waals surface area (Å²) in [5, 5.41) is 17.2. The van der Waals surface area contributed by atoms with E-state index in [0.29, 0.717) is 12.2 Å². The van der Waals surface area contributed by atoms with E-state index in [2.05, 4.69) is 6.07 Å². The minimum atomic E-state index is -0.363. The average molecular weight is 372 g/mol. The summed E-state index contributed by atoms with van der Waals surface area (Å²) in [5.74, 6) is 1.71. The van der Waals surface area contributed by atoms with Gasteiger partial charge in [0.2, 0.25) is 6.23 Å². The molecule has 2 atom stereocenters. The summed E-state index contributed by atoms with van der Waals surface area (Å²) in [6.07, 6.45) is 0.322. The molecule has 0 saturated heterocycles. The number of phenolic OH excluding ortho intramolecular Hbond substituents is 1. The SMILES string of the molecule is COc1cccc2c1O[C@H](c1ccccc1)N1N=C(c3ccccc3O)C[C@@H]21. The second-order valence-corrected chi connectivity index (χ2v) is 6.92. The molecule has 2 heterocycles. The predicted octanol–water partition coefficient (Wildman–Crippen LogP) is 4.64. The van der Waals surface area contributed by atoms with Crippen LogP contribution < -0.4 is 9.47 Å². The maximum Gasteiger partial charge on any atom is 0.214 e. The normalized spacial score (nSPS) is 20.0. The van der Waals surface area contributed by atoms with Gasteiger partial charge in [-0.25, -0.2) is 5.01 Å². The molecule has 28 heavy (non-hydrogen) atoms. The zero-order valence-electron chi connectivity index (χ0n) is 15.4. The van der Waals surface area contributed by atoms with Gasteiger partial charge in [0.1, 0.15) is 5.75 Å². The minimum Gasteiger partial charge on any atom is -0.507 e. The van der Waals surface area contributed by atoms with Gasteiger partial charge in [-0.2, -0.15) is 5.10 Å². The van der Waals surface area contributed by atoms with Gasteiger partial charge in [-0.15, -0.1) is 0 Å². The number of methoxy groups -OCH3 is 1. The Hall–Kier alpha value is -3.47. The number of fused-ring (bicyclic) bond motifs is 3. The van der Waals surface area contributed by atoms with Gasteiger partial charge in [0.05, 0.1) is 18.9 Å². The van der Waals surface area contributed by atoms with Crippen molar-refractivity contribution in [3.8, 4) is 17.2 Å².